The molecule has 5 heteroatoms. The second-order valence-electron chi connectivity index (χ2n) is 3.29. The second-order valence-corrected chi connectivity index (χ2v) is 4.18. The number of carboxylic acid groups (broad SMARTS) is 1. The smallest absolute Gasteiger partial charge is 0.335 e. The highest BCUT2D eigenvalue weighted by Gasteiger charge is 2.12. The Kier molecular flexibility index (Phi) is 3.39. The van der Waals surface area contributed by atoms with E-state index in [9.17, 15) is 4.79 Å². The maximum atomic E-state index is 10.9. The van der Waals surface area contributed by atoms with Crippen molar-refractivity contribution in [2.24, 2.45) is 0 Å². The molecule has 1 aromatic heterocycles. The molecule has 88 valence electrons. The molecule has 1 aromatic carbocycles. The van der Waals surface area contributed by atoms with Crippen LogP contribution in [0.25, 0.3) is 10.6 Å². The van der Waals surface area contributed by atoms with E-state index in [0.29, 0.717) is 12.4 Å². The third-order valence-corrected chi connectivity index (χ3v) is 3.00. The van der Waals surface area contributed by atoms with Gasteiger partial charge in [0.1, 0.15) is 10.8 Å². The monoisotopic (exact) mass is 249 g/mol. The number of hydrogen-bond donors (Lipinski definition) is 1. The van der Waals surface area contributed by atoms with Crippen LogP contribution >= 0.6 is 11.3 Å². The molecule has 17 heavy (non-hydrogen) atoms. The van der Waals surface area contributed by atoms with Crippen molar-refractivity contribution >= 4 is 17.3 Å². The highest BCUT2D eigenvalue weighted by molar-refractivity contribution is 7.13. The van der Waals surface area contributed by atoms with Gasteiger partial charge in [-0.15, -0.1) is 11.3 Å². The van der Waals surface area contributed by atoms with Crippen molar-refractivity contribution in [3.63, 3.8) is 0 Å². The third-order valence-electron chi connectivity index (χ3n) is 2.19. The first kappa shape index (κ1) is 11.6. The fourth-order valence-corrected chi connectivity index (χ4v) is 2.13. The first-order valence-electron chi connectivity index (χ1n) is 5.12. The van der Waals surface area contributed by atoms with Crippen LogP contribution in [0.3, 0.4) is 0 Å². The maximum absolute atomic E-state index is 10.9. The molecule has 4 nitrogen and oxygen atoms in total. The zero-order valence-corrected chi connectivity index (χ0v) is 10.0. The quantitative estimate of drug-likeness (QED) is 0.905. The van der Waals surface area contributed by atoms with Crippen molar-refractivity contribution in [2.75, 3.05) is 6.61 Å². The van der Waals surface area contributed by atoms with Crippen LogP contribution < -0.4 is 4.74 Å². The first-order chi connectivity index (χ1) is 8.22. The third kappa shape index (κ3) is 2.45. The minimum atomic E-state index is -0.961. The maximum Gasteiger partial charge on any atom is 0.335 e. The summed E-state index contributed by atoms with van der Waals surface area (Å²) in [7, 11) is 0. The van der Waals surface area contributed by atoms with E-state index >= 15 is 0 Å². The molecule has 0 atom stereocenters. The van der Waals surface area contributed by atoms with Gasteiger partial charge in [-0.05, 0) is 25.1 Å². The minimum Gasteiger partial charge on any atom is -0.493 e. The molecule has 0 bridgehead atoms. The molecular formula is C12H11NO3S. The Morgan fingerprint density at radius 2 is 2.35 bits per heavy atom. The van der Waals surface area contributed by atoms with Gasteiger partial charge in [0.15, 0.2) is 0 Å². The summed E-state index contributed by atoms with van der Waals surface area (Å²) >= 11 is 1.49. The minimum absolute atomic E-state index is 0.216. The van der Waals surface area contributed by atoms with Crippen molar-refractivity contribution in [3.8, 4) is 16.3 Å². The number of hydrogen-bond acceptors (Lipinski definition) is 4. The van der Waals surface area contributed by atoms with Crippen molar-refractivity contribution in [1.82, 2.24) is 4.98 Å². The van der Waals surface area contributed by atoms with Gasteiger partial charge in [0.25, 0.3) is 0 Å². The summed E-state index contributed by atoms with van der Waals surface area (Å²) < 4.78 is 5.45. The molecule has 2 rings (SSSR count). The standard InChI is InChI=1S/C12H11NO3S/c1-2-16-10-7-8(12(14)15)3-4-9(10)11-13-5-6-17-11/h3-7H,2H2,1H3,(H,14,15). The Labute approximate surface area is 103 Å². The number of aromatic carboxylic acids is 1. The molecule has 0 amide bonds. The molecule has 1 N–H and O–H groups in total. The van der Waals surface area contributed by atoms with Crippen molar-refractivity contribution in [1.29, 1.82) is 0 Å². The lowest BCUT2D eigenvalue weighted by Crippen LogP contribution is -2.00. The fourth-order valence-electron chi connectivity index (χ4n) is 1.46. The van der Waals surface area contributed by atoms with Gasteiger partial charge in [-0.1, -0.05) is 0 Å². The van der Waals surface area contributed by atoms with Gasteiger partial charge in [0.05, 0.1) is 17.7 Å². The predicted octanol–water partition coefficient (Wildman–Crippen LogP) is 2.91. The summed E-state index contributed by atoms with van der Waals surface area (Å²) in [6.45, 7) is 2.35. The van der Waals surface area contributed by atoms with E-state index < -0.39 is 5.97 Å². The van der Waals surface area contributed by atoms with E-state index in [2.05, 4.69) is 4.98 Å². The van der Waals surface area contributed by atoms with Crippen LogP contribution in [0.1, 0.15) is 17.3 Å². The highest BCUT2D eigenvalue weighted by Crippen LogP contribution is 2.32. The molecule has 2 aromatic rings. The predicted molar refractivity (Wildman–Crippen MR) is 65.7 cm³/mol. The van der Waals surface area contributed by atoms with Gasteiger partial charge < -0.3 is 9.84 Å². The Bertz CT molecular complexity index is 523. The number of nitrogens with zero attached hydrogens (tertiary/aromatic N) is 1. The Morgan fingerprint density at radius 1 is 1.53 bits per heavy atom. The molecule has 0 aliphatic heterocycles. The van der Waals surface area contributed by atoms with Crippen LogP contribution in [0.5, 0.6) is 5.75 Å². The van der Waals surface area contributed by atoms with E-state index in [1.807, 2.05) is 12.3 Å². The topological polar surface area (TPSA) is 59.4 Å². The second kappa shape index (κ2) is 4.97. The summed E-state index contributed by atoms with van der Waals surface area (Å²) in [5.41, 5.74) is 1.04. The SMILES string of the molecule is CCOc1cc(C(=O)O)ccc1-c1nccs1. The zero-order chi connectivity index (χ0) is 12.3. The lowest BCUT2D eigenvalue weighted by molar-refractivity contribution is 0.0696. The van der Waals surface area contributed by atoms with Crippen molar-refractivity contribution in [2.45, 2.75) is 6.92 Å². The van der Waals surface area contributed by atoms with Gasteiger partial charge in [-0.2, -0.15) is 0 Å². The lowest BCUT2D eigenvalue weighted by atomic mass is 10.1. The number of benzene rings is 1. The lowest BCUT2D eigenvalue weighted by Gasteiger charge is -2.09. The zero-order valence-electron chi connectivity index (χ0n) is 9.21. The van der Waals surface area contributed by atoms with Gasteiger partial charge in [0, 0.05) is 11.6 Å². The van der Waals surface area contributed by atoms with Crippen molar-refractivity contribution < 1.29 is 14.6 Å². The van der Waals surface area contributed by atoms with E-state index in [-0.39, 0.29) is 5.56 Å². The van der Waals surface area contributed by atoms with Crippen LogP contribution in [0.2, 0.25) is 0 Å². The van der Waals surface area contributed by atoms with Gasteiger partial charge in [-0.25, -0.2) is 9.78 Å². The number of carbonyl (C=O) groups is 1. The van der Waals surface area contributed by atoms with E-state index in [1.54, 1.807) is 18.3 Å². The molecule has 0 saturated heterocycles. The summed E-state index contributed by atoms with van der Waals surface area (Å²) in [5.74, 6) is -0.404. The van der Waals surface area contributed by atoms with E-state index in [1.165, 1.54) is 17.4 Å². The fraction of sp³-hybridized carbons (Fsp3) is 0.167. The average molecular weight is 249 g/mol. The molecule has 0 spiro atoms. The van der Waals surface area contributed by atoms with E-state index in [4.69, 9.17) is 9.84 Å². The first-order valence-corrected chi connectivity index (χ1v) is 6.00. The van der Waals surface area contributed by atoms with Crippen LogP contribution in [0.4, 0.5) is 0 Å². The average Bonchev–Trinajstić information content (AvgIpc) is 2.82. The summed E-state index contributed by atoms with van der Waals surface area (Å²) in [5, 5.41) is 11.6. The van der Waals surface area contributed by atoms with Gasteiger partial charge in [0.2, 0.25) is 0 Å². The summed E-state index contributed by atoms with van der Waals surface area (Å²) in [6, 6.07) is 4.82. The molecule has 0 radical (unpaired) electrons. The summed E-state index contributed by atoms with van der Waals surface area (Å²) in [6.07, 6.45) is 1.71. The summed E-state index contributed by atoms with van der Waals surface area (Å²) in [4.78, 5) is 15.1. The van der Waals surface area contributed by atoms with Crippen LogP contribution in [-0.4, -0.2) is 22.7 Å². The van der Waals surface area contributed by atoms with Gasteiger partial charge in [-0.3, -0.25) is 0 Å². The number of thiazole rings is 1. The molecule has 0 fully saturated rings. The number of rotatable bonds is 4. The van der Waals surface area contributed by atoms with Crippen molar-refractivity contribution in [3.05, 3.63) is 35.3 Å². The Balaban J connectivity index is 2.48. The van der Waals surface area contributed by atoms with Crippen LogP contribution in [0, 0.1) is 0 Å². The van der Waals surface area contributed by atoms with Crippen LogP contribution in [0.15, 0.2) is 29.8 Å². The Hall–Kier alpha value is -1.88. The van der Waals surface area contributed by atoms with E-state index in [0.717, 1.165) is 10.6 Å². The van der Waals surface area contributed by atoms with Crippen LogP contribution in [-0.2, 0) is 0 Å². The molecule has 1 heterocycles. The number of aromatic nitrogens is 1. The normalized spacial score (nSPS) is 10.2. The molecule has 0 aliphatic carbocycles. The molecule has 0 unspecified atom stereocenters. The highest BCUT2D eigenvalue weighted by atomic mass is 32.1. The molecule has 0 saturated carbocycles. The molecular weight excluding hydrogens is 238 g/mol. The number of carboxylic acids is 1. The number of ether oxygens (including phenoxy) is 1. The molecule has 0 aliphatic rings. The Morgan fingerprint density at radius 3 is 2.94 bits per heavy atom. The van der Waals surface area contributed by atoms with Gasteiger partial charge >= 0.3 is 5.97 Å². The largest absolute Gasteiger partial charge is 0.493 e.